The van der Waals surface area contributed by atoms with Gasteiger partial charge in [0.05, 0.1) is 4.92 Å². The number of hydrogen-bond acceptors (Lipinski definition) is 4. The Bertz CT molecular complexity index is 541. The fraction of sp³-hybridized carbons (Fsp3) is 0.167. The third kappa shape index (κ3) is 5.55. The third-order valence-corrected chi connectivity index (χ3v) is 3.60. The van der Waals surface area contributed by atoms with Crippen molar-refractivity contribution < 1.29 is 4.92 Å². The van der Waals surface area contributed by atoms with Gasteiger partial charge in [0.25, 0.3) is 5.69 Å². The molecule has 7 heteroatoms. The summed E-state index contributed by atoms with van der Waals surface area (Å²) in [5.74, 6) is 0.679. The van der Waals surface area contributed by atoms with Gasteiger partial charge < -0.3 is 5.73 Å². The van der Waals surface area contributed by atoms with Crippen LogP contribution in [-0.4, -0.2) is 10.7 Å². The van der Waals surface area contributed by atoms with Crippen LogP contribution in [0.15, 0.2) is 45.3 Å². The van der Waals surface area contributed by atoms with Crippen molar-refractivity contribution in [2.24, 2.45) is 0 Å². The second-order valence-corrected chi connectivity index (χ2v) is 5.79. The van der Waals surface area contributed by atoms with Gasteiger partial charge in [-0.2, -0.15) is 0 Å². The molecular weight excluding hydrogens is 307 g/mol. The molecule has 0 aromatic heterocycles. The van der Waals surface area contributed by atoms with Crippen LogP contribution in [0.1, 0.15) is 6.92 Å². The summed E-state index contributed by atoms with van der Waals surface area (Å²) in [4.78, 5) is 11.1. The molecule has 0 heterocycles. The van der Waals surface area contributed by atoms with Crippen LogP contribution in [0.2, 0.25) is 0 Å². The first-order valence-electron chi connectivity index (χ1n) is 5.25. The van der Waals surface area contributed by atoms with Gasteiger partial charge in [-0.05, 0) is 25.1 Å². The van der Waals surface area contributed by atoms with Crippen LogP contribution in [0.25, 0.3) is 0 Å². The molecular formula is C12H12Cl2N2O2S. The monoisotopic (exact) mass is 318 g/mol. The number of rotatable bonds is 5. The molecule has 0 saturated heterocycles. The van der Waals surface area contributed by atoms with Crippen LogP contribution in [0.5, 0.6) is 0 Å². The van der Waals surface area contributed by atoms with E-state index in [0.29, 0.717) is 5.75 Å². The van der Waals surface area contributed by atoms with E-state index in [-0.39, 0.29) is 15.9 Å². The van der Waals surface area contributed by atoms with Gasteiger partial charge in [0.15, 0.2) is 0 Å². The molecule has 0 amide bonds. The molecule has 1 aromatic carbocycles. The second kappa shape index (κ2) is 7.43. The van der Waals surface area contributed by atoms with Crippen LogP contribution < -0.4 is 5.73 Å². The number of allylic oxidation sites excluding steroid dienone is 2. The lowest BCUT2D eigenvalue weighted by Crippen LogP contribution is -1.95. The Kier molecular flexibility index (Phi) is 6.21. The van der Waals surface area contributed by atoms with E-state index in [1.807, 2.05) is 6.92 Å². The fourth-order valence-electron chi connectivity index (χ4n) is 1.22. The summed E-state index contributed by atoms with van der Waals surface area (Å²) in [6.07, 6.45) is 3.39. The molecule has 0 atom stereocenters. The Morgan fingerprint density at radius 3 is 2.74 bits per heavy atom. The average Bonchev–Trinajstić information content (AvgIpc) is 2.35. The largest absolute Gasteiger partial charge is 0.393 e. The topological polar surface area (TPSA) is 69.2 Å². The third-order valence-electron chi connectivity index (χ3n) is 2.16. The van der Waals surface area contributed by atoms with Crippen molar-refractivity contribution in [2.75, 3.05) is 11.5 Å². The minimum absolute atomic E-state index is 0.0738. The van der Waals surface area contributed by atoms with Gasteiger partial charge in [0.2, 0.25) is 0 Å². The van der Waals surface area contributed by atoms with E-state index in [4.69, 9.17) is 28.9 Å². The zero-order valence-electron chi connectivity index (χ0n) is 10.1. The molecule has 2 N–H and O–H groups in total. The number of thioether (sulfide) groups is 1. The molecule has 0 aliphatic heterocycles. The first-order valence-corrected chi connectivity index (χ1v) is 6.99. The summed E-state index contributed by atoms with van der Waals surface area (Å²) >= 11 is 12.5. The Hall–Kier alpha value is -1.17. The van der Waals surface area contributed by atoms with E-state index in [1.54, 1.807) is 18.2 Å². The van der Waals surface area contributed by atoms with Gasteiger partial charge in [0, 0.05) is 16.7 Å². The molecule has 0 spiro atoms. The minimum Gasteiger partial charge on any atom is -0.393 e. The summed E-state index contributed by atoms with van der Waals surface area (Å²) in [5, 5.41) is 10.8. The standard InChI is InChI=1S/C12H12Cl2N2O2S/c1-8(2-5-12(13)14)7-19-9-3-4-10(15)11(6-9)16(17)18/h2-6H,7,15H2,1H3. The molecule has 0 unspecified atom stereocenters. The van der Waals surface area contributed by atoms with E-state index >= 15 is 0 Å². The van der Waals surface area contributed by atoms with Crippen LogP contribution in [-0.2, 0) is 0 Å². The number of nitrogen functional groups attached to an aromatic ring is 1. The average molecular weight is 319 g/mol. The maximum atomic E-state index is 10.8. The number of nitrogens with zero attached hydrogens (tertiary/aromatic N) is 1. The van der Waals surface area contributed by atoms with Gasteiger partial charge >= 0.3 is 0 Å². The van der Waals surface area contributed by atoms with E-state index in [0.717, 1.165) is 10.5 Å². The van der Waals surface area contributed by atoms with Crippen molar-refractivity contribution >= 4 is 46.3 Å². The van der Waals surface area contributed by atoms with Crippen molar-refractivity contribution in [1.29, 1.82) is 0 Å². The fourth-order valence-corrected chi connectivity index (χ4v) is 2.20. The maximum absolute atomic E-state index is 10.8. The molecule has 0 aliphatic carbocycles. The molecule has 0 fully saturated rings. The molecule has 0 saturated carbocycles. The first kappa shape index (κ1) is 15.9. The van der Waals surface area contributed by atoms with Crippen molar-refractivity contribution in [3.8, 4) is 0 Å². The minimum atomic E-state index is -0.488. The summed E-state index contributed by atoms with van der Waals surface area (Å²) in [7, 11) is 0. The Labute approximate surface area is 125 Å². The molecule has 0 aliphatic rings. The number of nitro benzene ring substituents is 1. The van der Waals surface area contributed by atoms with Gasteiger partial charge in [-0.1, -0.05) is 34.9 Å². The smallest absolute Gasteiger partial charge is 0.293 e. The summed E-state index contributed by atoms with van der Waals surface area (Å²) in [5.41, 5.74) is 6.66. The predicted octanol–water partition coefficient (Wildman–Crippen LogP) is 4.53. The highest BCUT2D eigenvalue weighted by atomic mass is 35.5. The Balaban J connectivity index is 2.74. The molecule has 0 radical (unpaired) electrons. The molecule has 19 heavy (non-hydrogen) atoms. The number of nitro groups is 1. The molecule has 1 aromatic rings. The number of anilines is 1. The quantitative estimate of drug-likeness (QED) is 0.284. The number of halogens is 2. The van der Waals surface area contributed by atoms with E-state index in [1.165, 1.54) is 23.9 Å². The van der Waals surface area contributed by atoms with Crippen molar-refractivity contribution in [3.63, 3.8) is 0 Å². The van der Waals surface area contributed by atoms with Crippen LogP contribution in [0.4, 0.5) is 11.4 Å². The summed E-state index contributed by atoms with van der Waals surface area (Å²) in [6, 6.07) is 4.76. The lowest BCUT2D eigenvalue weighted by atomic mass is 10.3. The van der Waals surface area contributed by atoms with E-state index in [2.05, 4.69) is 0 Å². The van der Waals surface area contributed by atoms with Gasteiger partial charge in [0.1, 0.15) is 10.2 Å². The van der Waals surface area contributed by atoms with Crippen molar-refractivity contribution in [1.82, 2.24) is 0 Å². The summed E-state index contributed by atoms with van der Waals surface area (Å²) in [6.45, 7) is 1.92. The lowest BCUT2D eigenvalue weighted by Gasteiger charge is -2.03. The van der Waals surface area contributed by atoms with E-state index in [9.17, 15) is 10.1 Å². The lowest BCUT2D eigenvalue weighted by molar-refractivity contribution is -0.384. The highest BCUT2D eigenvalue weighted by molar-refractivity contribution is 7.99. The molecule has 4 nitrogen and oxygen atoms in total. The van der Waals surface area contributed by atoms with Crippen molar-refractivity contribution in [2.45, 2.75) is 11.8 Å². The molecule has 1 rings (SSSR count). The SMILES string of the molecule is CC(=CC=C(Cl)Cl)CSc1ccc(N)c([N+](=O)[O-])c1. The predicted molar refractivity (Wildman–Crippen MR) is 81.8 cm³/mol. The van der Waals surface area contributed by atoms with E-state index < -0.39 is 4.92 Å². The zero-order chi connectivity index (χ0) is 14.4. The highest BCUT2D eigenvalue weighted by Gasteiger charge is 2.11. The molecule has 0 bridgehead atoms. The maximum Gasteiger partial charge on any atom is 0.293 e. The normalized spacial score (nSPS) is 11.2. The number of hydrogen-bond donors (Lipinski definition) is 1. The Morgan fingerprint density at radius 2 is 2.16 bits per heavy atom. The van der Waals surface area contributed by atoms with Crippen LogP contribution >= 0.6 is 35.0 Å². The first-order chi connectivity index (χ1) is 8.90. The van der Waals surface area contributed by atoms with Crippen molar-refractivity contribution in [3.05, 3.63) is 50.5 Å². The van der Waals surface area contributed by atoms with Crippen LogP contribution in [0.3, 0.4) is 0 Å². The molecule has 102 valence electrons. The van der Waals surface area contributed by atoms with Gasteiger partial charge in [-0.15, -0.1) is 11.8 Å². The van der Waals surface area contributed by atoms with Crippen LogP contribution in [0, 0.1) is 10.1 Å². The Morgan fingerprint density at radius 1 is 1.47 bits per heavy atom. The van der Waals surface area contributed by atoms with Gasteiger partial charge in [-0.25, -0.2) is 0 Å². The number of benzene rings is 1. The zero-order valence-corrected chi connectivity index (χ0v) is 12.4. The summed E-state index contributed by atoms with van der Waals surface area (Å²) < 4.78 is 0.187. The second-order valence-electron chi connectivity index (χ2n) is 3.74. The number of nitrogens with two attached hydrogens (primary N) is 1. The highest BCUT2D eigenvalue weighted by Crippen LogP contribution is 2.29. The van der Waals surface area contributed by atoms with Gasteiger partial charge in [-0.3, -0.25) is 10.1 Å².